The number of nitrogens with zero attached hydrogens (tertiary/aromatic N) is 1. The van der Waals surface area contributed by atoms with Crippen LogP contribution in [0.4, 0.5) is 0 Å². The van der Waals surface area contributed by atoms with E-state index in [1.807, 2.05) is 0 Å². The Balaban J connectivity index is 2.49. The van der Waals surface area contributed by atoms with E-state index in [2.05, 4.69) is 18.8 Å². The van der Waals surface area contributed by atoms with Gasteiger partial charge in [0.1, 0.15) is 11.4 Å². The van der Waals surface area contributed by atoms with E-state index in [1.165, 1.54) is 0 Å². The number of pyridine rings is 1. The lowest BCUT2D eigenvalue weighted by molar-refractivity contribution is 0.0463. The summed E-state index contributed by atoms with van der Waals surface area (Å²) in [6.07, 6.45) is 8.07. The molecule has 0 fully saturated rings. The highest BCUT2D eigenvalue weighted by Crippen LogP contribution is 2.17. The van der Waals surface area contributed by atoms with Gasteiger partial charge in [0.2, 0.25) is 0 Å². The molecule has 6 nitrogen and oxygen atoms in total. The molecule has 0 bridgehead atoms. The zero-order chi connectivity index (χ0) is 20.6. The van der Waals surface area contributed by atoms with E-state index >= 15 is 0 Å². The fraction of sp³-hybridized carbons (Fsp3) is 0.682. The SMILES string of the molecule is CCCCCOC(=O)c1cccc(C(=O)OCCC(CCCC)CCOC)n1. The number of ether oxygens (including phenoxy) is 3. The first-order valence-corrected chi connectivity index (χ1v) is 10.4. The average Bonchev–Trinajstić information content (AvgIpc) is 2.72. The number of esters is 2. The number of carbonyl (C=O) groups is 2. The van der Waals surface area contributed by atoms with E-state index in [-0.39, 0.29) is 11.4 Å². The van der Waals surface area contributed by atoms with Gasteiger partial charge in [0.15, 0.2) is 0 Å². The van der Waals surface area contributed by atoms with Gasteiger partial charge in [-0.2, -0.15) is 0 Å². The van der Waals surface area contributed by atoms with Crippen LogP contribution in [0.2, 0.25) is 0 Å². The van der Waals surface area contributed by atoms with Crippen molar-refractivity contribution in [2.45, 2.75) is 65.2 Å². The molecular weight excluding hydrogens is 358 g/mol. The normalized spacial score (nSPS) is 11.8. The van der Waals surface area contributed by atoms with E-state index in [1.54, 1.807) is 25.3 Å². The summed E-state index contributed by atoms with van der Waals surface area (Å²) >= 11 is 0. The predicted molar refractivity (Wildman–Crippen MR) is 108 cm³/mol. The maximum Gasteiger partial charge on any atom is 0.356 e. The Bertz CT molecular complexity index is 568. The molecule has 1 atom stereocenters. The van der Waals surface area contributed by atoms with Crippen LogP contribution in [0.1, 0.15) is 86.2 Å². The zero-order valence-electron chi connectivity index (χ0n) is 17.6. The third kappa shape index (κ3) is 9.83. The molecule has 28 heavy (non-hydrogen) atoms. The van der Waals surface area contributed by atoms with Crippen molar-refractivity contribution >= 4 is 11.9 Å². The second-order valence-electron chi connectivity index (χ2n) is 6.97. The lowest BCUT2D eigenvalue weighted by Gasteiger charge is -2.16. The molecule has 0 saturated heterocycles. The molecule has 0 aliphatic carbocycles. The molecule has 1 aromatic rings. The third-order valence-corrected chi connectivity index (χ3v) is 4.60. The lowest BCUT2D eigenvalue weighted by atomic mass is 9.96. The lowest BCUT2D eigenvalue weighted by Crippen LogP contribution is -2.15. The molecule has 158 valence electrons. The number of hydrogen-bond donors (Lipinski definition) is 0. The Hall–Kier alpha value is -1.95. The van der Waals surface area contributed by atoms with Crippen molar-refractivity contribution in [1.29, 1.82) is 0 Å². The van der Waals surface area contributed by atoms with E-state index in [0.717, 1.165) is 51.4 Å². The van der Waals surface area contributed by atoms with Gasteiger partial charge in [-0.15, -0.1) is 0 Å². The number of methoxy groups -OCH3 is 1. The van der Waals surface area contributed by atoms with E-state index in [0.29, 0.717) is 25.7 Å². The first kappa shape index (κ1) is 24.1. The van der Waals surface area contributed by atoms with Gasteiger partial charge in [0, 0.05) is 13.7 Å². The van der Waals surface area contributed by atoms with Crippen LogP contribution in [-0.4, -0.2) is 43.9 Å². The highest BCUT2D eigenvalue weighted by molar-refractivity contribution is 5.91. The Labute approximate surface area is 169 Å². The van der Waals surface area contributed by atoms with Gasteiger partial charge in [-0.3, -0.25) is 0 Å². The van der Waals surface area contributed by atoms with Crippen molar-refractivity contribution in [2.75, 3.05) is 26.9 Å². The largest absolute Gasteiger partial charge is 0.461 e. The molecule has 6 heteroatoms. The minimum atomic E-state index is -0.512. The highest BCUT2D eigenvalue weighted by atomic mass is 16.5. The van der Waals surface area contributed by atoms with Crippen LogP contribution in [-0.2, 0) is 14.2 Å². The molecule has 0 aromatic carbocycles. The van der Waals surface area contributed by atoms with Crippen molar-refractivity contribution in [3.63, 3.8) is 0 Å². The van der Waals surface area contributed by atoms with Crippen LogP contribution >= 0.6 is 0 Å². The topological polar surface area (TPSA) is 74.7 Å². The number of aromatic nitrogens is 1. The molecule has 0 N–H and O–H groups in total. The number of rotatable bonds is 15. The van der Waals surface area contributed by atoms with Crippen molar-refractivity contribution in [2.24, 2.45) is 5.92 Å². The van der Waals surface area contributed by atoms with Gasteiger partial charge in [-0.1, -0.05) is 52.0 Å². The predicted octanol–water partition coefficient (Wildman–Crippen LogP) is 4.82. The molecule has 0 spiro atoms. The molecule has 0 saturated carbocycles. The van der Waals surface area contributed by atoms with Crippen LogP contribution in [0.3, 0.4) is 0 Å². The molecule has 0 aliphatic heterocycles. The van der Waals surface area contributed by atoms with Gasteiger partial charge in [-0.25, -0.2) is 14.6 Å². The molecule has 1 unspecified atom stereocenters. The molecule has 0 amide bonds. The Morgan fingerprint density at radius 1 is 0.857 bits per heavy atom. The van der Waals surface area contributed by atoms with Crippen molar-refractivity contribution in [3.05, 3.63) is 29.6 Å². The molecule has 0 aliphatic rings. The molecule has 1 heterocycles. The van der Waals surface area contributed by atoms with Crippen LogP contribution < -0.4 is 0 Å². The summed E-state index contributed by atoms with van der Waals surface area (Å²) in [6.45, 7) is 5.67. The second-order valence-corrected chi connectivity index (χ2v) is 6.97. The molecular formula is C22H35NO5. The summed E-state index contributed by atoms with van der Waals surface area (Å²) in [6, 6.07) is 4.72. The fourth-order valence-electron chi connectivity index (χ4n) is 2.86. The average molecular weight is 394 g/mol. The Morgan fingerprint density at radius 3 is 2.07 bits per heavy atom. The summed E-state index contributed by atoms with van der Waals surface area (Å²) in [5.74, 6) is -0.545. The standard InChI is InChI=1S/C22H35NO5/c1-4-6-8-15-27-21(24)19-11-9-12-20(23-19)22(25)28-17-14-18(10-7-5-2)13-16-26-3/h9,11-12,18H,4-8,10,13-17H2,1-3H3. The van der Waals surface area contributed by atoms with Gasteiger partial charge in [0.05, 0.1) is 13.2 Å². The zero-order valence-corrected chi connectivity index (χ0v) is 17.6. The van der Waals surface area contributed by atoms with Crippen molar-refractivity contribution in [3.8, 4) is 0 Å². The quantitative estimate of drug-likeness (QED) is 0.314. The number of carbonyl (C=O) groups excluding carboxylic acids is 2. The van der Waals surface area contributed by atoms with Gasteiger partial charge in [0.25, 0.3) is 0 Å². The van der Waals surface area contributed by atoms with Gasteiger partial charge < -0.3 is 14.2 Å². The van der Waals surface area contributed by atoms with E-state index < -0.39 is 11.9 Å². The molecule has 1 aromatic heterocycles. The number of unbranched alkanes of at least 4 members (excludes halogenated alkanes) is 3. The monoisotopic (exact) mass is 393 g/mol. The first-order chi connectivity index (χ1) is 13.6. The van der Waals surface area contributed by atoms with Crippen LogP contribution in [0.25, 0.3) is 0 Å². The fourth-order valence-corrected chi connectivity index (χ4v) is 2.86. The highest BCUT2D eigenvalue weighted by Gasteiger charge is 2.15. The Morgan fingerprint density at radius 2 is 1.46 bits per heavy atom. The summed E-state index contributed by atoms with van der Waals surface area (Å²) < 4.78 is 15.7. The minimum Gasteiger partial charge on any atom is -0.461 e. The second kappa shape index (κ2) is 15.0. The first-order valence-electron chi connectivity index (χ1n) is 10.4. The third-order valence-electron chi connectivity index (χ3n) is 4.60. The molecule has 1 rings (SSSR count). The maximum absolute atomic E-state index is 12.3. The summed E-state index contributed by atoms with van der Waals surface area (Å²) in [5.41, 5.74) is 0.261. The van der Waals surface area contributed by atoms with E-state index in [4.69, 9.17) is 14.2 Å². The van der Waals surface area contributed by atoms with Gasteiger partial charge in [-0.05, 0) is 37.3 Å². The van der Waals surface area contributed by atoms with Crippen LogP contribution in [0.15, 0.2) is 18.2 Å². The number of hydrogen-bond acceptors (Lipinski definition) is 6. The van der Waals surface area contributed by atoms with E-state index in [9.17, 15) is 9.59 Å². The van der Waals surface area contributed by atoms with Crippen LogP contribution in [0.5, 0.6) is 0 Å². The maximum atomic E-state index is 12.3. The van der Waals surface area contributed by atoms with Gasteiger partial charge >= 0.3 is 11.9 Å². The van der Waals surface area contributed by atoms with Crippen LogP contribution in [0, 0.1) is 5.92 Å². The Kier molecular flexibility index (Phi) is 12.9. The summed E-state index contributed by atoms with van der Waals surface area (Å²) in [5, 5.41) is 0. The van der Waals surface area contributed by atoms with Crippen molar-refractivity contribution in [1.82, 2.24) is 4.98 Å². The van der Waals surface area contributed by atoms with Crippen molar-refractivity contribution < 1.29 is 23.8 Å². The minimum absolute atomic E-state index is 0.130. The molecule has 0 radical (unpaired) electrons. The smallest absolute Gasteiger partial charge is 0.356 e. The summed E-state index contributed by atoms with van der Waals surface area (Å²) in [7, 11) is 1.70. The summed E-state index contributed by atoms with van der Waals surface area (Å²) in [4.78, 5) is 28.4.